The van der Waals surface area contributed by atoms with Crippen molar-refractivity contribution in [2.75, 3.05) is 12.0 Å². The van der Waals surface area contributed by atoms with Gasteiger partial charge >= 0.3 is 0 Å². The van der Waals surface area contributed by atoms with Gasteiger partial charge in [0.2, 0.25) is 0 Å². The molecule has 2 heterocycles. The third kappa shape index (κ3) is 3.28. The number of amides is 1. The first-order chi connectivity index (χ1) is 8.79. The fourth-order valence-electron chi connectivity index (χ4n) is 1.51. The van der Waals surface area contributed by atoms with Gasteiger partial charge in [0, 0.05) is 18.3 Å². The lowest BCUT2D eigenvalue weighted by atomic mass is 10.2. The first-order valence-electron chi connectivity index (χ1n) is 5.51. The SMILES string of the molecule is NNc1cc(C(=O)NCCc2ccsc2)ccn1. The van der Waals surface area contributed by atoms with E-state index in [1.807, 2.05) is 5.38 Å². The highest BCUT2D eigenvalue weighted by Gasteiger charge is 2.05. The summed E-state index contributed by atoms with van der Waals surface area (Å²) in [6.07, 6.45) is 2.38. The number of hydrogen-bond acceptors (Lipinski definition) is 5. The van der Waals surface area contributed by atoms with Gasteiger partial charge < -0.3 is 10.7 Å². The molecule has 2 aromatic rings. The number of anilines is 1. The standard InChI is InChI=1S/C12H14N4OS/c13-16-11-7-10(2-5-14-11)12(17)15-4-1-9-3-6-18-8-9/h2-3,5-8H,1,4,13H2,(H,14,16)(H,15,17). The minimum atomic E-state index is -0.121. The number of nitrogen functional groups attached to an aromatic ring is 1. The van der Waals surface area contributed by atoms with Gasteiger partial charge in [-0.2, -0.15) is 11.3 Å². The minimum absolute atomic E-state index is 0.121. The molecule has 0 aliphatic heterocycles. The molecule has 0 atom stereocenters. The number of nitrogens with zero attached hydrogens (tertiary/aromatic N) is 1. The normalized spacial score (nSPS) is 10.1. The van der Waals surface area contributed by atoms with E-state index in [0.29, 0.717) is 17.9 Å². The highest BCUT2D eigenvalue weighted by atomic mass is 32.1. The zero-order valence-electron chi connectivity index (χ0n) is 9.72. The number of pyridine rings is 1. The summed E-state index contributed by atoms with van der Waals surface area (Å²) in [5.41, 5.74) is 4.19. The van der Waals surface area contributed by atoms with Crippen molar-refractivity contribution in [3.63, 3.8) is 0 Å². The number of hydrazine groups is 1. The van der Waals surface area contributed by atoms with Gasteiger partial charge in [-0.3, -0.25) is 4.79 Å². The van der Waals surface area contributed by atoms with Crippen LogP contribution >= 0.6 is 11.3 Å². The van der Waals surface area contributed by atoms with Crippen LogP contribution in [0.3, 0.4) is 0 Å². The van der Waals surface area contributed by atoms with E-state index >= 15 is 0 Å². The molecule has 0 saturated heterocycles. The summed E-state index contributed by atoms with van der Waals surface area (Å²) in [5.74, 6) is 5.59. The van der Waals surface area contributed by atoms with Gasteiger partial charge in [0.1, 0.15) is 5.82 Å². The van der Waals surface area contributed by atoms with Crippen molar-refractivity contribution in [1.82, 2.24) is 10.3 Å². The van der Waals surface area contributed by atoms with E-state index in [1.165, 1.54) is 5.56 Å². The maximum Gasteiger partial charge on any atom is 0.251 e. The molecule has 1 amide bonds. The molecule has 0 aliphatic rings. The Labute approximate surface area is 109 Å². The lowest BCUT2D eigenvalue weighted by molar-refractivity contribution is 0.0954. The maximum atomic E-state index is 11.8. The Kier molecular flexibility index (Phi) is 4.27. The van der Waals surface area contributed by atoms with Crippen LogP contribution in [0.5, 0.6) is 0 Å². The van der Waals surface area contributed by atoms with E-state index in [2.05, 4.69) is 27.2 Å². The van der Waals surface area contributed by atoms with Gasteiger partial charge in [0.25, 0.3) is 5.91 Å². The third-order valence-corrected chi connectivity index (χ3v) is 3.18. The van der Waals surface area contributed by atoms with Crippen LogP contribution < -0.4 is 16.6 Å². The highest BCUT2D eigenvalue weighted by Crippen LogP contribution is 2.07. The molecule has 2 aromatic heterocycles. The zero-order chi connectivity index (χ0) is 12.8. The van der Waals surface area contributed by atoms with Crippen LogP contribution in [0, 0.1) is 0 Å². The summed E-state index contributed by atoms with van der Waals surface area (Å²) in [6.45, 7) is 0.614. The second-order valence-corrected chi connectivity index (χ2v) is 4.49. The second-order valence-electron chi connectivity index (χ2n) is 3.71. The predicted molar refractivity (Wildman–Crippen MR) is 72.4 cm³/mol. The highest BCUT2D eigenvalue weighted by molar-refractivity contribution is 7.07. The number of rotatable bonds is 5. The molecule has 0 spiro atoms. The van der Waals surface area contributed by atoms with Crippen molar-refractivity contribution in [3.05, 3.63) is 46.3 Å². The van der Waals surface area contributed by atoms with Crippen LogP contribution in [0.15, 0.2) is 35.2 Å². The fourth-order valence-corrected chi connectivity index (χ4v) is 2.21. The van der Waals surface area contributed by atoms with Crippen LogP contribution in [-0.2, 0) is 6.42 Å². The summed E-state index contributed by atoms with van der Waals surface area (Å²) in [5, 5.41) is 6.96. The third-order valence-electron chi connectivity index (χ3n) is 2.45. The first-order valence-corrected chi connectivity index (χ1v) is 6.46. The van der Waals surface area contributed by atoms with E-state index < -0.39 is 0 Å². The van der Waals surface area contributed by atoms with E-state index in [1.54, 1.807) is 29.7 Å². The van der Waals surface area contributed by atoms with Gasteiger partial charge in [-0.05, 0) is 40.9 Å². The number of carbonyl (C=O) groups is 1. The Bertz CT molecular complexity index is 513. The average Bonchev–Trinajstić information content (AvgIpc) is 2.92. The van der Waals surface area contributed by atoms with Crippen molar-refractivity contribution in [2.24, 2.45) is 5.84 Å². The van der Waals surface area contributed by atoms with Crippen molar-refractivity contribution in [1.29, 1.82) is 0 Å². The summed E-state index contributed by atoms with van der Waals surface area (Å²) in [4.78, 5) is 15.8. The molecule has 18 heavy (non-hydrogen) atoms. The van der Waals surface area contributed by atoms with Gasteiger partial charge in [0.05, 0.1) is 0 Å². The zero-order valence-corrected chi connectivity index (χ0v) is 10.5. The Morgan fingerprint density at radius 1 is 1.44 bits per heavy atom. The van der Waals surface area contributed by atoms with E-state index in [9.17, 15) is 4.79 Å². The quantitative estimate of drug-likeness (QED) is 0.562. The van der Waals surface area contributed by atoms with Gasteiger partial charge in [-0.25, -0.2) is 10.8 Å². The Morgan fingerprint density at radius 2 is 2.33 bits per heavy atom. The molecule has 0 saturated carbocycles. The molecule has 4 N–H and O–H groups in total. The average molecular weight is 262 g/mol. The van der Waals surface area contributed by atoms with Crippen molar-refractivity contribution < 1.29 is 4.79 Å². The molecule has 5 nitrogen and oxygen atoms in total. The molecule has 0 radical (unpaired) electrons. The smallest absolute Gasteiger partial charge is 0.251 e. The molecule has 94 valence electrons. The van der Waals surface area contributed by atoms with Crippen LogP contribution in [0.25, 0.3) is 0 Å². The number of hydrogen-bond donors (Lipinski definition) is 3. The van der Waals surface area contributed by atoms with E-state index in [4.69, 9.17) is 5.84 Å². The van der Waals surface area contributed by atoms with Gasteiger partial charge in [-0.1, -0.05) is 0 Å². The molecule has 2 rings (SSSR count). The molecule has 0 bridgehead atoms. The monoisotopic (exact) mass is 262 g/mol. The summed E-state index contributed by atoms with van der Waals surface area (Å²) in [7, 11) is 0. The summed E-state index contributed by atoms with van der Waals surface area (Å²) >= 11 is 1.66. The van der Waals surface area contributed by atoms with E-state index in [-0.39, 0.29) is 5.91 Å². The Hall–Kier alpha value is -1.92. The molecule has 0 aromatic carbocycles. The topological polar surface area (TPSA) is 80.0 Å². The fraction of sp³-hybridized carbons (Fsp3) is 0.167. The Morgan fingerprint density at radius 3 is 3.06 bits per heavy atom. The maximum absolute atomic E-state index is 11.8. The molecule has 0 unspecified atom stereocenters. The van der Waals surface area contributed by atoms with Crippen LogP contribution in [0.4, 0.5) is 5.82 Å². The van der Waals surface area contributed by atoms with Gasteiger partial charge in [0.15, 0.2) is 0 Å². The Balaban J connectivity index is 1.87. The lowest BCUT2D eigenvalue weighted by Gasteiger charge is -2.05. The lowest BCUT2D eigenvalue weighted by Crippen LogP contribution is -2.25. The largest absolute Gasteiger partial charge is 0.352 e. The molecule has 6 heteroatoms. The first kappa shape index (κ1) is 12.5. The summed E-state index contributed by atoms with van der Waals surface area (Å²) < 4.78 is 0. The number of nitrogens with two attached hydrogens (primary N) is 1. The predicted octanol–water partition coefficient (Wildman–Crippen LogP) is 1.40. The second kappa shape index (κ2) is 6.13. The summed E-state index contributed by atoms with van der Waals surface area (Å²) in [6, 6.07) is 5.32. The van der Waals surface area contributed by atoms with Crippen LogP contribution in [0.2, 0.25) is 0 Å². The number of carbonyl (C=O) groups excluding carboxylic acids is 1. The molecular weight excluding hydrogens is 248 g/mol. The van der Waals surface area contributed by atoms with E-state index in [0.717, 1.165) is 6.42 Å². The minimum Gasteiger partial charge on any atom is -0.352 e. The molecule has 0 fully saturated rings. The van der Waals surface area contributed by atoms with Crippen molar-refractivity contribution >= 4 is 23.1 Å². The molecule has 0 aliphatic carbocycles. The van der Waals surface area contributed by atoms with Crippen LogP contribution in [0.1, 0.15) is 15.9 Å². The van der Waals surface area contributed by atoms with Gasteiger partial charge in [-0.15, -0.1) is 0 Å². The number of nitrogens with one attached hydrogen (secondary N) is 2. The van der Waals surface area contributed by atoms with Crippen LogP contribution in [-0.4, -0.2) is 17.4 Å². The number of thiophene rings is 1. The number of aromatic nitrogens is 1. The molecular formula is C12H14N4OS. The van der Waals surface area contributed by atoms with Crippen molar-refractivity contribution in [3.8, 4) is 0 Å². The van der Waals surface area contributed by atoms with Crippen molar-refractivity contribution in [2.45, 2.75) is 6.42 Å².